The third-order valence-electron chi connectivity index (χ3n) is 4.13. The summed E-state index contributed by atoms with van der Waals surface area (Å²) in [6.45, 7) is 5.16. The van der Waals surface area contributed by atoms with Crippen LogP contribution >= 0.6 is 0 Å². The maximum Gasteiger partial charge on any atom is 0.246 e. The highest BCUT2D eigenvalue weighted by Crippen LogP contribution is 2.16. The molecule has 2 rings (SSSR count). The second-order valence-electron chi connectivity index (χ2n) is 5.94. The van der Waals surface area contributed by atoms with Crippen molar-refractivity contribution in [1.82, 2.24) is 9.88 Å². The second-order valence-corrected chi connectivity index (χ2v) is 5.94. The molecule has 0 unspecified atom stereocenters. The fraction of sp³-hybridized carbons (Fsp3) is 0.556. The van der Waals surface area contributed by atoms with E-state index in [4.69, 9.17) is 0 Å². The number of carbonyl (C=O) groups is 1. The minimum atomic E-state index is 0.110. The standard InChI is InChI=1S/C18H27N3O2/c1-2-3-4-5-6-7-8-18(23)21-13-11-20(12-14-21)17-10-9-16(22)15-19-17/h7-10,15,22H,2-6,11-14H2,1H3. The van der Waals surface area contributed by atoms with Crippen molar-refractivity contribution in [2.45, 2.75) is 39.0 Å². The summed E-state index contributed by atoms with van der Waals surface area (Å²) in [4.78, 5) is 20.4. The summed E-state index contributed by atoms with van der Waals surface area (Å²) in [6.07, 6.45) is 11.1. The molecule has 1 N–H and O–H groups in total. The lowest BCUT2D eigenvalue weighted by molar-refractivity contribution is -0.126. The first-order valence-corrected chi connectivity index (χ1v) is 8.56. The average Bonchev–Trinajstić information content (AvgIpc) is 2.58. The third kappa shape index (κ3) is 5.58. The van der Waals surface area contributed by atoms with Gasteiger partial charge in [-0.15, -0.1) is 0 Å². The van der Waals surface area contributed by atoms with Crippen LogP contribution in [0.3, 0.4) is 0 Å². The lowest BCUT2D eigenvalue weighted by Crippen LogP contribution is -2.48. The van der Waals surface area contributed by atoms with E-state index in [0.717, 1.165) is 31.7 Å². The molecule has 0 saturated carbocycles. The van der Waals surface area contributed by atoms with Crippen molar-refractivity contribution in [2.75, 3.05) is 31.1 Å². The highest BCUT2D eigenvalue weighted by molar-refractivity contribution is 5.87. The van der Waals surface area contributed by atoms with Crippen LogP contribution < -0.4 is 4.90 Å². The summed E-state index contributed by atoms with van der Waals surface area (Å²) in [5.41, 5.74) is 0. The molecular weight excluding hydrogens is 290 g/mol. The molecule has 0 aromatic carbocycles. The number of pyridine rings is 1. The summed E-state index contributed by atoms with van der Waals surface area (Å²) in [7, 11) is 0. The van der Waals surface area contributed by atoms with Gasteiger partial charge in [-0.3, -0.25) is 4.79 Å². The molecule has 0 radical (unpaired) electrons. The highest BCUT2D eigenvalue weighted by atomic mass is 16.3. The Hall–Kier alpha value is -2.04. The molecule has 2 heterocycles. The van der Waals surface area contributed by atoms with Crippen molar-refractivity contribution in [3.05, 3.63) is 30.5 Å². The summed E-state index contributed by atoms with van der Waals surface area (Å²) in [5, 5.41) is 9.28. The Bertz CT molecular complexity index is 506. The topological polar surface area (TPSA) is 56.7 Å². The van der Waals surface area contributed by atoms with Crippen LogP contribution in [-0.2, 0) is 4.79 Å². The quantitative estimate of drug-likeness (QED) is 0.620. The van der Waals surface area contributed by atoms with E-state index in [1.165, 1.54) is 25.5 Å². The predicted octanol–water partition coefficient (Wildman–Crippen LogP) is 2.96. The maximum absolute atomic E-state index is 12.1. The van der Waals surface area contributed by atoms with Crippen LogP contribution in [0.2, 0.25) is 0 Å². The Labute approximate surface area is 138 Å². The van der Waals surface area contributed by atoms with Crippen LogP contribution in [-0.4, -0.2) is 47.1 Å². The van der Waals surface area contributed by atoms with E-state index < -0.39 is 0 Å². The number of aromatic nitrogens is 1. The lowest BCUT2D eigenvalue weighted by Gasteiger charge is -2.34. The Morgan fingerprint density at radius 1 is 1.22 bits per heavy atom. The summed E-state index contributed by atoms with van der Waals surface area (Å²) in [5.74, 6) is 1.13. The molecule has 1 amide bonds. The van der Waals surface area contributed by atoms with Crippen LogP contribution in [0.15, 0.2) is 30.5 Å². The largest absolute Gasteiger partial charge is 0.506 e. The van der Waals surface area contributed by atoms with Gasteiger partial charge in [0.1, 0.15) is 11.6 Å². The van der Waals surface area contributed by atoms with Gasteiger partial charge in [-0.2, -0.15) is 0 Å². The molecule has 0 aliphatic carbocycles. The van der Waals surface area contributed by atoms with Gasteiger partial charge in [-0.25, -0.2) is 4.98 Å². The Balaban J connectivity index is 1.72. The fourth-order valence-corrected chi connectivity index (χ4v) is 2.70. The van der Waals surface area contributed by atoms with Crippen LogP contribution in [0.4, 0.5) is 5.82 Å². The zero-order chi connectivity index (χ0) is 16.5. The molecule has 0 bridgehead atoms. The van der Waals surface area contributed by atoms with E-state index >= 15 is 0 Å². The number of rotatable bonds is 7. The number of amides is 1. The third-order valence-corrected chi connectivity index (χ3v) is 4.13. The Morgan fingerprint density at radius 3 is 2.65 bits per heavy atom. The molecule has 1 aliphatic rings. The van der Waals surface area contributed by atoms with Crippen molar-refractivity contribution in [3.63, 3.8) is 0 Å². The Morgan fingerprint density at radius 2 is 2.00 bits per heavy atom. The molecule has 5 heteroatoms. The zero-order valence-corrected chi connectivity index (χ0v) is 13.9. The maximum atomic E-state index is 12.1. The molecule has 0 spiro atoms. The number of nitrogens with zero attached hydrogens (tertiary/aromatic N) is 3. The van der Waals surface area contributed by atoms with Gasteiger partial charge >= 0.3 is 0 Å². The normalized spacial score (nSPS) is 15.3. The van der Waals surface area contributed by atoms with E-state index in [1.807, 2.05) is 17.0 Å². The number of hydrogen-bond donors (Lipinski definition) is 1. The number of allylic oxidation sites excluding steroid dienone is 1. The van der Waals surface area contributed by atoms with Crippen molar-refractivity contribution in [2.24, 2.45) is 0 Å². The van der Waals surface area contributed by atoms with Gasteiger partial charge < -0.3 is 14.9 Å². The molecule has 1 fully saturated rings. The van der Waals surface area contributed by atoms with Gasteiger partial charge in [0.05, 0.1) is 6.20 Å². The summed E-state index contributed by atoms with van der Waals surface area (Å²) >= 11 is 0. The first-order valence-electron chi connectivity index (χ1n) is 8.56. The summed E-state index contributed by atoms with van der Waals surface area (Å²) in [6, 6.07) is 3.45. The monoisotopic (exact) mass is 317 g/mol. The minimum Gasteiger partial charge on any atom is -0.506 e. The number of carbonyl (C=O) groups excluding carboxylic acids is 1. The molecule has 1 saturated heterocycles. The van der Waals surface area contributed by atoms with Crippen LogP contribution in [0.1, 0.15) is 39.0 Å². The molecule has 1 aliphatic heterocycles. The van der Waals surface area contributed by atoms with Crippen LogP contribution in [0.5, 0.6) is 5.75 Å². The fourth-order valence-electron chi connectivity index (χ4n) is 2.70. The molecular formula is C18H27N3O2. The van der Waals surface area contributed by atoms with Gasteiger partial charge in [0.15, 0.2) is 0 Å². The van der Waals surface area contributed by atoms with Crippen molar-refractivity contribution in [3.8, 4) is 5.75 Å². The highest BCUT2D eigenvalue weighted by Gasteiger charge is 2.20. The van der Waals surface area contributed by atoms with Crippen molar-refractivity contribution < 1.29 is 9.90 Å². The van der Waals surface area contributed by atoms with Crippen molar-refractivity contribution >= 4 is 11.7 Å². The predicted molar refractivity (Wildman–Crippen MR) is 92.6 cm³/mol. The number of piperazine rings is 1. The van der Waals surface area contributed by atoms with Crippen LogP contribution in [0.25, 0.3) is 0 Å². The first-order chi connectivity index (χ1) is 11.2. The van der Waals surface area contributed by atoms with E-state index in [1.54, 1.807) is 12.1 Å². The van der Waals surface area contributed by atoms with Gasteiger partial charge in [0, 0.05) is 26.2 Å². The van der Waals surface area contributed by atoms with Crippen molar-refractivity contribution in [1.29, 1.82) is 0 Å². The van der Waals surface area contributed by atoms with E-state index in [-0.39, 0.29) is 11.7 Å². The Kier molecular flexibility index (Phi) is 6.91. The van der Waals surface area contributed by atoms with Gasteiger partial charge in [-0.1, -0.05) is 32.3 Å². The molecule has 126 valence electrons. The van der Waals surface area contributed by atoms with Crippen LogP contribution in [0, 0.1) is 0 Å². The van der Waals surface area contributed by atoms with Gasteiger partial charge in [0.25, 0.3) is 0 Å². The molecule has 0 atom stereocenters. The molecule has 1 aromatic rings. The average molecular weight is 317 g/mol. The number of hydrogen-bond acceptors (Lipinski definition) is 4. The molecule has 1 aromatic heterocycles. The number of aromatic hydroxyl groups is 1. The smallest absolute Gasteiger partial charge is 0.246 e. The summed E-state index contributed by atoms with van der Waals surface area (Å²) < 4.78 is 0. The minimum absolute atomic E-state index is 0.110. The van der Waals surface area contributed by atoms with E-state index in [2.05, 4.69) is 16.8 Å². The second kappa shape index (κ2) is 9.18. The zero-order valence-electron chi connectivity index (χ0n) is 13.9. The number of anilines is 1. The molecule has 23 heavy (non-hydrogen) atoms. The molecule has 5 nitrogen and oxygen atoms in total. The van der Waals surface area contributed by atoms with E-state index in [0.29, 0.717) is 13.1 Å². The van der Waals surface area contributed by atoms with Gasteiger partial charge in [-0.05, 0) is 31.1 Å². The first kappa shape index (κ1) is 17.3. The number of unbranched alkanes of at least 4 members (excludes halogenated alkanes) is 4. The van der Waals surface area contributed by atoms with Gasteiger partial charge in [0.2, 0.25) is 5.91 Å². The SMILES string of the molecule is CCCCCCC=CC(=O)N1CCN(c2ccc(O)cn2)CC1. The van der Waals surface area contributed by atoms with E-state index in [9.17, 15) is 9.90 Å². The lowest BCUT2D eigenvalue weighted by atomic mass is 10.1.